The van der Waals surface area contributed by atoms with Crippen LogP contribution < -0.4 is 5.32 Å². The maximum Gasteiger partial charge on any atom is 0.328 e. The molecule has 0 saturated heterocycles. The van der Waals surface area contributed by atoms with E-state index < -0.39 is 41.8 Å². The summed E-state index contributed by atoms with van der Waals surface area (Å²) in [7, 11) is 0. The lowest BCUT2D eigenvalue weighted by Crippen LogP contribution is -2.51. The summed E-state index contributed by atoms with van der Waals surface area (Å²) in [6, 6.07) is -1.43. The molecule has 0 heterocycles. The average Bonchev–Trinajstić information content (AvgIpc) is 2.94. The molecule has 0 radical (unpaired) electrons. The molecular formula is C13H17NO6. The Morgan fingerprint density at radius 2 is 1.70 bits per heavy atom. The molecule has 2 rings (SSSR count). The van der Waals surface area contributed by atoms with E-state index in [1.165, 1.54) is 6.92 Å². The lowest BCUT2D eigenvalue weighted by molar-refractivity contribution is -0.149. The summed E-state index contributed by atoms with van der Waals surface area (Å²) in [6.07, 6.45) is 2.96. The van der Waals surface area contributed by atoms with Crippen LogP contribution in [0.1, 0.15) is 13.3 Å². The van der Waals surface area contributed by atoms with Gasteiger partial charge >= 0.3 is 11.9 Å². The first-order chi connectivity index (χ1) is 9.32. The number of aliphatic hydroxyl groups excluding tert-OH is 1. The Hall–Kier alpha value is -1.89. The highest BCUT2D eigenvalue weighted by atomic mass is 16.4. The van der Waals surface area contributed by atoms with Gasteiger partial charge in [-0.15, -0.1) is 0 Å². The minimum Gasteiger partial charge on any atom is -0.481 e. The van der Waals surface area contributed by atoms with E-state index in [4.69, 9.17) is 5.11 Å². The fraction of sp³-hybridized carbons (Fsp3) is 0.615. The van der Waals surface area contributed by atoms with Crippen LogP contribution in [-0.4, -0.2) is 45.3 Å². The molecule has 2 bridgehead atoms. The van der Waals surface area contributed by atoms with Gasteiger partial charge in [0.25, 0.3) is 0 Å². The first-order valence-corrected chi connectivity index (χ1v) is 6.45. The smallest absolute Gasteiger partial charge is 0.328 e. The Morgan fingerprint density at radius 1 is 1.15 bits per heavy atom. The number of hydrogen-bond donors (Lipinski definition) is 4. The zero-order valence-electron chi connectivity index (χ0n) is 10.9. The Bertz CT molecular complexity index is 471. The van der Waals surface area contributed by atoms with Crippen LogP contribution in [0.3, 0.4) is 0 Å². The number of amides is 1. The molecule has 0 aromatic heterocycles. The lowest BCUT2D eigenvalue weighted by atomic mass is 9.82. The van der Waals surface area contributed by atoms with E-state index in [0.717, 1.165) is 0 Å². The minimum absolute atomic E-state index is 0.176. The van der Waals surface area contributed by atoms with Crippen molar-refractivity contribution in [1.29, 1.82) is 0 Å². The number of aliphatic hydroxyl groups is 1. The molecule has 1 amide bonds. The van der Waals surface area contributed by atoms with Gasteiger partial charge in [-0.1, -0.05) is 12.2 Å². The van der Waals surface area contributed by atoms with E-state index in [-0.39, 0.29) is 11.8 Å². The molecule has 0 spiro atoms. The maximum absolute atomic E-state index is 12.2. The summed E-state index contributed by atoms with van der Waals surface area (Å²) >= 11 is 0. The van der Waals surface area contributed by atoms with Crippen molar-refractivity contribution in [3.63, 3.8) is 0 Å². The number of nitrogens with one attached hydrogen (secondary N) is 1. The molecule has 0 aromatic rings. The Kier molecular flexibility index (Phi) is 3.80. The summed E-state index contributed by atoms with van der Waals surface area (Å²) in [4.78, 5) is 34.4. The fourth-order valence-corrected chi connectivity index (χ4v) is 3.15. The third-order valence-corrected chi connectivity index (χ3v) is 4.09. The number of aliphatic carboxylic acids is 2. The van der Waals surface area contributed by atoms with Gasteiger partial charge in [-0.05, 0) is 25.2 Å². The van der Waals surface area contributed by atoms with Crippen LogP contribution in [0.5, 0.6) is 0 Å². The molecule has 1 fully saturated rings. The van der Waals surface area contributed by atoms with Crippen LogP contribution in [-0.2, 0) is 14.4 Å². The number of carboxylic acid groups (broad SMARTS) is 2. The van der Waals surface area contributed by atoms with Gasteiger partial charge < -0.3 is 20.6 Å². The highest BCUT2D eigenvalue weighted by molar-refractivity contribution is 5.90. The third-order valence-electron chi connectivity index (χ3n) is 4.09. The molecule has 0 unspecified atom stereocenters. The number of carbonyl (C=O) groups excluding carboxylic acids is 1. The number of fused-ring (bicyclic) bond motifs is 2. The second-order valence-electron chi connectivity index (χ2n) is 5.40. The van der Waals surface area contributed by atoms with Gasteiger partial charge in [-0.25, -0.2) is 4.79 Å². The molecule has 0 aliphatic heterocycles. The van der Waals surface area contributed by atoms with Crippen molar-refractivity contribution in [2.24, 2.45) is 23.7 Å². The minimum atomic E-state index is -1.43. The third kappa shape index (κ3) is 2.40. The zero-order chi connectivity index (χ0) is 15.0. The van der Waals surface area contributed by atoms with Crippen molar-refractivity contribution in [1.82, 2.24) is 5.32 Å². The molecule has 1 saturated carbocycles. The van der Waals surface area contributed by atoms with Crippen LogP contribution in [0, 0.1) is 23.7 Å². The summed E-state index contributed by atoms with van der Waals surface area (Å²) in [5.74, 6) is -4.98. The van der Waals surface area contributed by atoms with Crippen LogP contribution in [0.2, 0.25) is 0 Å². The van der Waals surface area contributed by atoms with Crippen molar-refractivity contribution in [2.75, 3.05) is 0 Å². The second-order valence-corrected chi connectivity index (χ2v) is 5.40. The van der Waals surface area contributed by atoms with Gasteiger partial charge in [0.15, 0.2) is 6.04 Å². The zero-order valence-corrected chi connectivity index (χ0v) is 10.9. The Labute approximate surface area is 115 Å². The van der Waals surface area contributed by atoms with Crippen LogP contribution in [0.15, 0.2) is 12.2 Å². The van der Waals surface area contributed by atoms with Crippen molar-refractivity contribution in [3.8, 4) is 0 Å². The Balaban J connectivity index is 2.14. The van der Waals surface area contributed by atoms with E-state index in [1.807, 2.05) is 6.08 Å². The number of hydrogen-bond acceptors (Lipinski definition) is 4. The molecule has 20 heavy (non-hydrogen) atoms. The topological polar surface area (TPSA) is 124 Å². The van der Waals surface area contributed by atoms with Crippen molar-refractivity contribution < 1.29 is 29.7 Å². The van der Waals surface area contributed by atoms with Crippen LogP contribution >= 0.6 is 0 Å². The molecule has 7 nitrogen and oxygen atoms in total. The average molecular weight is 283 g/mol. The van der Waals surface area contributed by atoms with Gasteiger partial charge in [0.05, 0.1) is 17.9 Å². The standard InChI is InChI=1S/C13H17NO6/c1-5(15)10(13(19)20)14-11(16)8-6-2-3-7(4-6)9(8)12(17)18/h2-3,5-10,15H,4H2,1H3,(H,14,16)(H,17,18)(H,19,20)/t5-,6+,7+,8-,9+,10-/m1/s1. The number of rotatable bonds is 5. The molecule has 6 atom stereocenters. The van der Waals surface area contributed by atoms with Gasteiger partial charge in [-0.2, -0.15) is 0 Å². The summed E-state index contributed by atoms with van der Waals surface area (Å²) in [5.41, 5.74) is 0. The van der Waals surface area contributed by atoms with E-state index >= 15 is 0 Å². The SMILES string of the molecule is C[C@@H](O)[C@@H](NC(=O)[C@H]1[C@@H](C(=O)O)[C@H]2C=C[C@H]1C2)C(=O)O. The predicted molar refractivity (Wildman–Crippen MR) is 66.6 cm³/mol. The van der Waals surface area contributed by atoms with Crippen LogP contribution in [0.25, 0.3) is 0 Å². The molecule has 0 aromatic carbocycles. The van der Waals surface area contributed by atoms with Gasteiger partial charge in [0.1, 0.15) is 0 Å². The number of allylic oxidation sites excluding steroid dienone is 2. The Morgan fingerprint density at radius 3 is 2.15 bits per heavy atom. The lowest BCUT2D eigenvalue weighted by Gasteiger charge is -2.26. The van der Waals surface area contributed by atoms with Crippen molar-refractivity contribution in [2.45, 2.75) is 25.5 Å². The monoisotopic (exact) mass is 283 g/mol. The predicted octanol–water partition coefficient (Wildman–Crippen LogP) is -0.540. The first kappa shape index (κ1) is 14.5. The highest BCUT2D eigenvalue weighted by Crippen LogP contribution is 2.48. The summed E-state index contributed by atoms with van der Waals surface area (Å²) in [6.45, 7) is 1.26. The largest absolute Gasteiger partial charge is 0.481 e. The van der Waals surface area contributed by atoms with E-state index in [9.17, 15) is 24.6 Å². The molecule has 4 N–H and O–H groups in total. The van der Waals surface area contributed by atoms with E-state index in [0.29, 0.717) is 6.42 Å². The molecule has 110 valence electrons. The number of carbonyl (C=O) groups is 3. The quantitative estimate of drug-likeness (QED) is 0.502. The second kappa shape index (κ2) is 5.24. The van der Waals surface area contributed by atoms with Crippen LogP contribution in [0.4, 0.5) is 0 Å². The normalized spacial score (nSPS) is 33.7. The molecular weight excluding hydrogens is 266 g/mol. The molecule has 2 aliphatic rings. The first-order valence-electron chi connectivity index (χ1n) is 6.45. The number of carboxylic acids is 2. The summed E-state index contributed by atoms with van der Waals surface area (Å²) < 4.78 is 0. The van der Waals surface area contributed by atoms with Gasteiger partial charge in [0, 0.05) is 0 Å². The molecule has 2 aliphatic carbocycles. The van der Waals surface area contributed by atoms with Crippen molar-refractivity contribution >= 4 is 17.8 Å². The molecule has 7 heteroatoms. The highest BCUT2D eigenvalue weighted by Gasteiger charge is 2.52. The van der Waals surface area contributed by atoms with E-state index in [1.54, 1.807) is 6.08 Å². The fourth-order valence-electron chi connectivity index (χ4n) is 3.15. The maximum atomic E-state index is 12.2. The van der Waals surface area contributed by atoms with E-state index in [2.05, 4.69) is 5.32 Å². The summed E-state index contributed by atoms with van der Waals surface area (Å²) in [5, 5.41) is 29.8. The van der Waals surface area contributed by atoms with Crippen molar-refractivity contribution in [3.05, 3.63) is 12.2 Å². The van der Waals surface area contributed by atoms with Gasteiger partial charge in [-0.3, -0.25) is 9.59 Å². The van der Waals surface area contributed by atoms with Gasteiger partial charge in [0.2, 0.25) is 5.91 Å².